The molecule has 0 bridgehead atoms. The van der Waals surface area contributed by atoms with E-state index in [0.29, 0.717) is 6.54 Å². The van der Waals surface area contributed by atoms with Gasteiger partial charge in [0.15, 0.2) is 0 Å². The molecule has 0 aliphatic rings. The fourth-order valence-electron chi connectivity index (χ4n) is 2.07. The van der Waals surface area contributed by atoms with E-state index in [2.05, 4.69) is 33.1 Å². The van der Waals surface area contributed by atoms with E-state index in [9.17, 15) is 9.59 Å². The number of nitrogens with zero attached hydrogens (tertiary/aromatic N) is 1. The number of nitrogens with one attached hydrogen (secondary N) is 2. The molecule has 2 aromatic rings. The summed E-state index contributed by atoms with van der Waals surface area (Å²) in [4.78, 5) is 30.9. The number of aromatic nitrogens is 1. The molecule has 1 atom stereocenters. The summed E-state index contributed by atoms with van der Waals surface area (Å²) in [7, 11) is 0. The molecule has 2 aromatic heterocycles. The average molecular weight is 380 g/mol. The minimum atomic E-state index is -0.538. The van der Waals surface area contributed by atoms with Gasteiger partial charge in [-0.1, -0.05) is 20.8 Å². The summed E-state index contributed by atoms with van der Waals surface area (Å²) >= 11 is 3.34. The van der Waals surface area contributed by atoms with E-state index in [-0.39, 0.29) is 11.8 Å². The Balaban J connectivity index is 1.79. The van der Waals surface area contributed by atoms with Crippen molar-refractivity contribution in [3.05, 3.63) is 27.4 Å². The summed E-state index contributed by atoms with van der Waals surface area (Å²) in [5.41, 5.74) is 0.511. The standard InChI is InChI=1S/C18H25N3O2S2/c1-11(20-17(23)18(3,4)5)16(22)19-9-8-13-6-7-15(25-13)14-10-24-12(2)21-14/h6-7,10-11H,8-9H2,1-5H3,(H,19,22)(H,20,23)/t11-/m1/s1. The zero-order valence-electron chi connectivity index (χ0n) is 15.3. The molecule has 5 nitrogen and oxygen atoms in total. The number of aryl methyl sites for hydroxylation is 1. The van der Waals surface area contributed by atoms with Gasteiger partial charge in [-0.05, 0) is 32.4 Å². The molecule has 0 aromatic carbocycles. The van der Waals surface area contributed by atoms with Crippen molar-refractivity contribution in [2.75, 3.05) is 6.54 Å². The second-order valence-corrected chi connectivity index (χ2v) is 9.23. The highest BCUT2D eigenvalue weighted by Crippen LogP contribution is 2.29. The van der Waals surface area contributed by atoms with E-state index in [1.165, 1.54) is 4.88 Å². The SMILES string of the molecule is Cc1nc(-c2ccc(CCNC(=O)[C@@H](C)NC(=O)C(C)(C)C)s2)cs1. The quantitative estimate of drug-likeness (QED) is 0.808. The lowest BCUT2D eigenvalue weighted by Crippen LogP contribution is -2.48. The third-order valence-corrected chi connectivity index (χ3v) is 5.57. The lowest BCUT2D eigenvalue weighted by atomic mass is 9.95. The molecule has 0 spiro atoms. The second-order valence-electron chi connectivity index (χ2n) is 7.00. The van der Waals surface area contributed by atoms with Crippen LogP contribution in [0.4, 0.5) is 0 Å². The van der Waals surface area contributed by atoms with Gasteiger partial charge in [-0.2, -0.15) is 0 Å². The van der Waals surface area contributed by atoms with Crippen molar-refractivity contribution in [1.29, 1.82) is 0 Å². The molecule has 25 heavy (non-hydrogen) atoms. The van der Waals surface area contributed by atoms with Crippen molar-refractivity contribution >= 4 is 34.5 Å². The molecule has 7 heteroatoms. The fraction of sp³-hybridized carbons (Fsp3) is 0.500. The number of carbonyl (C=O) groups excluding carboxylic acids is 2. The molecule has 2 heterocycles. The van der Waals surface area contributed by atoms with Crippen LogP contribution >= 0.6 is 22.7 Å². The summed E-state index contributed by atoms with van der Waals surface area (Å²) in [6.45, 7) is 9.72. The van der Waals surface area contributed by atoms with Crippen LogP contribution in [0.1, 0.15) is 37.6 Å². The maximum Gasteiger partial charge on any atom is 0.242 e. The highest BCUT2D eigenvalue weighted by molar-refractivity contribution is 7.16. The molecule has 0 unspecified atom stereocenters. The number of amides is 2. The number of hydrogen-bond donors (Lipinski definition) is 2. The molecule has 0 radical (unpaired) electrons. The minimum Gasteiger partial charge on any atom is -0.354 e. The van der Waals surface area contributed by atoms with Gasteiger partial charge in [0.25, 0.3) is 0 Å². The lowest BCUT2D eigenvalue weighted by molar-refractivity contribution is -0.133. The van der Waals surface area contributed by atoms with E-state index in [0.717, 1.165) is 22.0 Å². The maximum absolute atomic E-state index is 12.1. The first-order valence-electron chi connectivity index (χ1n) is 8.26. The predicted octanol–water partition coefficient (Wildman–Crippen LogP) is 3.39. The smallest absolute Gasteiger partial charge is 0.242 e. The van der Waals surface area contributed by atoms with Crippen molar-refractivity contribution in [2.24, 2.45) is 5.41 Å². The van der Waals surface area contributed by atoms with Gasteiger partial charge in [0, 0.05) is 22.2 Å². The van der Waals surface area contributed by atoms with Crippen LogP contribution < -0.4 is 10.6 Å². The Morgan fingerprint density at radius 1 is 1.28 bits per heavy atom. The van der Waals surface area contributed by atoms with Crippen LogP contribution in [0.2, 0.25) is 0 Å². The number of thiazole rings is 1. The van der Waals surface area contributed by atoms with Gasteiger partial charge in [-0.3, -0.25) is 9.59 Å². The van der Waals surface area contributed by atoms with E-state index >= 15 is 0 Å². The third kappa shape index (κ3) is 5.64. The third-order valence-electron chi connectivity index (χ3n) is 3.63. The fourth-order valence-corrected chi connectivity index (χ4v) is 3.72. The van der Waals surface area contributed by atoms with E-state index in [1.54, 1.807) is 29.6 Å². The molecule has 136 valence electrons. The summed E-state index contributed by atoms with van der Waals surface area (Å²) < 4.78 is 0. The molecule has 0 saturated heterocycles. The first-order chi connectivity index (χ1) is 11.7. The van der Waals surface area contributed by atoms with Crippen LogP contribution in [-0.2, 0) is 16.0 Å². The second kappa shape index (κ2) is 8.10. The van der Waals surface area contributed by atoms with Crippen LogP contribution in [-0.4, -0.2) is 29.4 Å². The molecule has 2 amide bonds. The van der Waals surface area contributed by atoms with Crippen molar-refractivity contribution < 1.29 is 9.59 Å². The van der Waals surface area contributed by atoms with Gasteiger partial charge >= 0.3 is 0 Å². The van der Waals surface area contributed by atoms with E-state index < -0.39 is 11.5 Å². The molecule has 2 rings (SSSR count). The topological polar surface area (TPSA) is 71.1 Å². The summed E-state index contributed by atoms with van der Waals surface area (Å²) in [6.07, 6.45) is 0.763. The highest BCUT2D eigenvalue weighted by atomic mass is 32.1. The minimum absolute atomic E-state index is 0.128. The summed E-state index contributed by atoms with van der Waals surface area (Å²) in [6, 6.07) is 3.61. The monoisotopic (exact) mass is 379 g/mol. The molecule has 0 aliphatic heterocycles. The van der Waals surface area contributed by atoms with E-state index in [4.69, 9.17) is 0 Å². The Labute approximate surface area is 156 Å². The molecule has 2 N–H and O–H groups in total. The lowest BCUT2D eigenvalue weighted by Gasteiger charge is -2.21. The first kappa shape index (κ1) is 19.6. The van der Waals surface area contributed by atoms with Gasteiger partial charge in [0.1, 0.15) is 6.04 Å². The Morgan fingerprint density at radius 3 is 2.60 bits per heavy atom. The summed E-state index contributed by atoms with van der Waals surface area (Å²) in [5, 5.41) is 8.74. The van der Waals surface area contributed by atoms with Gasteiger partial charge in [0.05, 0.1) is 15.6 Å². The van der Waals surface area contributed by atoms with Crippen LogP contribution in [0.5, 0.6) is 0 Å². The van der Waals surface area contributed by atoms with Crippen LogP contribution in [0.3, 0.4) is 0 Å². The van der Waals surface area contributed by atoms with Gasteiger partial charge in [-0.15, -0.1) is 22.7 Å². The number of hydrogen-bond acceptors (Lipinski definition) is 5. The zero-order valence-corrected chi connectivity index (χ0v) is 16.9. The first-order valence-corrected chi connectivity index (χ1v) is 9.96. The van der Waals surface area contributed by atoms with Crippen molar-refractivity contribution in [3.8, 4) is 10.6 Å². The summed E-state index contributed by atoms with van der Waals surface area (Å²) in [5.74, 6) is -0.291. The normalized spacial score (nSPS) is 12.7. The molecule has 0 saturated carbocycles. The maximum atomic E-state index is 12.1. The predicted molar refractivity (Wildman–Crippen MR) is 104 cm³/mol. The van der Waals surface area contributed by atoms with Gasteiger partial charge in [0.2, 0.25) is 11.8 Å². The van der Waals surface area contributed by atoms with Crippen molar-refractivity contribution in [1.82, 2.24) is 15.6 Å². The van der Waals surface area contributed by atoms with Crippen molar-refractivity contribution in [3.63, 3.8) is 0 Å². The molecular weight excluding hydrogens is 354 g/mol. The van der Waals surface area contributed by atoms with E-state index in [1.807, 2.05) is 27.7 Å². The van der Waals surface area contributed by atoms with Crippen molar-refractivity contribution in [2.45, 2.75) is 47.1 Å². The Kier molecular flexibility index (Phi) is 6.35. The average Bonchev–Trinajstić information content (AvgIpc) is 3.14. The van der Waals surface area contributed by atoms with Gasteiger partial charge < -0.3 is 10.6 Å². The highest BCUT2D eigenvalue weighted by Gasteiger charge is 2.24. The Bertz CT molecular complexity index is 744. The number of rotatable bonds is 6. The van der Waals surface area contributed by atoms with Crippen LogP contribution in [0, 0.1) is 12.3 Å². The zero-order chi connectivity index (χ0) is 18.6. The Hall–Kier alpha value is -1.73. The number of carbonyl (C=O) groups is 2. The molecule has 0 aliphatic carbocycles. The van der Waals surface area contributed by atoms with Crippen LogP contribution in [0.15, 0.2) is 17.5 Å². The Morgan fingerprint density at radius 2 is 2.00 bits per heavy atom. The molecule has 0 fully saturated rings. The molecular formula is C18H25N3O2S2. The number of thiophene rings is 1. The largest absolute Gasteiger partial charge is 0.354 e. The van der Waals surface area contributed by atoms with Crippen LogP contribution in [0.25, 0.3) is 10.6 Å². The van der Waals surface area contributed by atoms with Gasteiger partial charge in [-0.25, -0.2) is 4.98 Å².